The van der Waals surface area contributed by atoms with E-state index < -0.39 is 0 Å². The first-order valence-electron chi connectivity index (χ1n) is 5.41. The largest absolute Gasteiger partial charge is 0.398 e. The molecule has 0 spiro atoms. The van der Waals surface area contributed by atoms with Crippen molar-refractivity contribution in [2.45, 2.75) is 11.5 Å². The first kappa shape index (κ1) is 12.3. The van der Waals surface area contributed by atoms with Crippen molar-refractivity contribution in [3.8, 4) is 0 Å². The van der Waals surface area contributed by atoms with Crippen molar-refractivity contribution in [2.24, 2.45) is 0 Å². The molecule has 0 bridgehead atoms. The number of thioether (sulfide) groups is 1. The highest BCUT2D eigenvalue weighted by Crippen LogP contribution is 2.22. The van der Waals surface area contributed by atoms with Crippen LogP contribution in [0.2, 0.25) is 5.02 Å². The molecule has 3 heteroatoms. The van der Waals surface area contributed by atoms with Crippen molar-refractivity contribution >= 4 is 29.1 Å². The molecule has 0 atom stereocenters. The van der Waals surface area contributed by atoms with E-state index in [1.54, 1.807) is 0 Å². The van der Waals surface area contributed by atoms with Crippen LogP contribution in [0, 0.1) is 0 Å². The lowest BCUT2D eigenvalue weighted by Gasteiger charge is -2.05. The standard InChI is InChI=1S/C14H14ClNS/c15-13-7-5-11(6-8-13)9-17-10-12-3-1-2-4-14(12)16/h1-8H,9-10,16H2. The van der Waals surface area contributed by atoms with Crippen LogP contribution in [-0.4, -0.2) is 0 Å². The van der Waals surface area contributed by atoms with Crippen LogP contribution < -0.4 is 5.73 Å². The number of nitrogens with two attached hydrogens (primary N) is 1. The lowest BCUT2D eigenvalue weighted by Crippen LogP contribution is -1.91. The summed E-state index contributed by atoms with van der Waals surface area (Å²) in [6, 6.07) is 16.0. The zero-order chi connectivity index (χ0) is 12.1. The van der Waals surface area contributed by atoms with Crippen LogP contribution in [0.5, 0.6) is 0 Å². The highest BCUT2D eigenvalue weighted by Gasteiger charge is 1.99. The molecule has 1 nitrogen and oxygen atoms in total. The molecule has 0 saturated carbocycles. The quantitative estimate of drug-likeness (QED) is 0.830. The highest BCUT2D eigenvalue weighted by molar-refractivity contribution is 7.97. The Morgan fingerprint density at radius 2 is 1.65 bits per heavy atom. The van der Waals surface area contributed by atoms with Crippen molar-refractivity contribution in [1.29, 1.82) is 0 Å². The maximum absolute atomic E-state index is 5.89. The van der Waals surface area contributed by atoms with Crippen LogP contribution in [-0.2, 0) is 11.5 Å². The number of hydrogen-bond donors (Lipinski definition) is 1. The minimum absolute atomic E-state index is 0.783. The molecule has 2 rings (SSSR count). The van der Waals surface area contributed by atoms with E-state index >= 15 is 0 Å². The van der Waals surface area contributed by atoms with Gasteiger partial charge in [0.25, 0.3) is 0 Å². The third-order valence-corrected chi connectivity index (χ3v) is 3.80. The average Bonchev–Trinajstić information content (AvgIpc) is 2.34. The summed E-state index contributed by atoms with van der Waals surface area (Å²) in [5.41, 5.74) is 9.25. The summed E-state index contributed by atoms with van der Waals surface area (Å²) in [4.78, 5) is 0. The predicted octanol–water partition coefficient (Wildman–Crippen LogP) is 4.36. The molecule has 0 heterocycles. The van der Waals surface area contributed by atoms with Gasteiger partial charge in [0.2, 0.25) is 0 Å². The molecule has 0 saturated heterocycles. The van der Waals surface area contributed by atoms with Gasteiger partial charge in [-0.05, 0) is 29.3 Å². The number of benzene rings is 2. The Labute approximate surface area is 111 Å². The zero-order valence-electron chi connectivity index (χ0n) is 9.40. The minimum atomic E-state index is 0.783. The van der Waals surface area contributed by atoms with Gasteiger partial charge in [-0.25, -0.2) is 0 Å². The summed E-state index contributed by atoms with van der Waals surface area (Å²) < 4.78 is 0. The van der Waals surface area contributed by atoms with Crippen LogP contribution in [0.1, 0.15) is 11.1 Å². The molecule has 17 heavy (non-hydrogen) atoms. The van der Waals surface area contributed by atoms with Gasteiger partial charge in [0.05, 0.1) is 0 Å². The second-order valence-corrected chi connectivity index (χ2v) is 5.24. The van der Waals surface area contributed by atoms with Gasteiger partial charge in [-0.3, -0.25) is 0 Å². The van der Waals surface area contributed by atoms with Gasteiger partial charge in [0.1, 0.15) is 0 Å². The van der Waals surface area contributed by atoms with Crippen LogP contribution in [0.15, 0.2) is 48.5 Å². The molecule has 88 valence electrons. The summed E-state index contributed by atoms with van der Waals surface area (Å²) in [6.07, 6.45) is 0. The van der Waals surface area contributed by atoms with Gasteiger partial charge in [0, 0.05) is 22.2 Å². The zero-order valence-corrected chi connectivity index (χ0v) is 11.0. The molecule has 0 aliphatic rings. The van der Waals surface area contributed by atoms with Crippen molar-refractivity contribution in [2.75, 3.05) is 5.73 Å². The molecule has 2 aromatic carbocycles. The minimum Gasteiger partial charge on any atom is -0.398 e. The van der Waals surface area contributed by atoms with E-state index in [1.807, 2.05) is 42.1 Å². The fraction of sp³-hybridized carbons (Fsp3) is 0.143. The molecule has 0 aliphatic carbocycles. The van der Waals surface area contributed by atoms with E-state index in [0.29, 0.717) is 0 Å². The van der Waals surface area contributed by atoms with Crippen LogP contribution in [0.25, 0.3) is 0 Å². The Hall–Kier alpha value is -1.12. The first-order chi connectivity index (χ1) is 8.25. The van der Waals surface area contributed by atoms with Crippen LogP contribution in [0.3, 0.4) is 0 Å². The van der Waals surface area contributed by atoms with Gasteiger partial charge < -0.3 is 5.73 Å². The topological polar surface area (TPSA) is 26.0 Å². The molecule has 2 N–H and O–H groups in total. The van der Waals surface area contributed by atoms with Crippen LogP contribution in [0.4, 0.5) is 5.69 Å². The Balaban J connectivity index is 1.88. The Bertz CT molecular complexity index is 482. The summed E-state index contributed by atoms with van der Waals surface area (Å²) in [6.45, 7) is 0. The van der Waals surface area contributed by atoms with E-state index in [1.165, 1.54) is 11.1 Å². The average molecular weight is 264 g/mol. The van der Waals surface area contributed by atoms with Crippen molar-refractivity contribution in [3.63, 3.8) is 0 Å². The monoisotopic (exact) mass is 263 g/mol. The number of para-hydroxylation sites is 1. The molecule has 0 radical (unpaired) electrons. The summed E-state index contributed by atoms with van der Waals surface area (Å²) >= 11 is 7.70. The van der Waals surface area contributed by atoms with Gasteiger partial charge in [-0.15, -0.1) is 0 Å². The molecular weight excluding hydrogens is 250 g/mol. The molecule has 0 fully saturated rings. The highest BCUT2D eigenvalue weighted by atomic mass is 35.5. The number of rotatable bonds is 4. The molecule has 0 unspecified atom stereocenters. The van der Waals surface area contributed by atoms with E-state index in [-0.39, 0.29) is 0 Å². The van der Waals surface area contributed by atoms with E-state index in [2.05, 4.69) is 18.2 Å². The predicted molar refractivity (Wildman–Crippen MR) is 77.3 cm³/mol. The lowest BCUT2D eigenvalue weighted by molar-refractivity contribution is 1.37. The number of anilines is 1. The fourth-order valence-electron chi connectivity index (χ4n) is 1.53. The van der Waals surface area contributed by atoms with E-state index in [0.717, 1.165) is 22.2 Å². The van der Waals surface area contributed by atoms with Gasteiger partial charge in [0.15, 0.2) is 0 Å². The van der Waals surface area contributed by atoms with Crippen molar-refractivity contribution in [3.05, 3.63) is 64.7 Å². The molecular formula is C14H14ClNS. The third kappa shape index (κ3) is 3.69. The summed E-state index contributed by atoms with van der Waals surface area (Å²) in [7, 11) is 0. The smallest absolute Gasteiger partial charge is 0.0406 e. The molecule has 2 aromatic rings. The molecule has 0 amide bonds. The number of hydrogen-bond acceptors (Lipinski definition) is 2. The van der Waals surface area contributed by atoms with Gasteiger partial charge in [-0.1, -0.05) is 41.9 Å². The van der Waals surface area contributed by atoms with Gasteiger partial charge in [-0.2, -0.15) is 11.8 Å². The molecule has 0 aromatic heterocycles. The van der Waals surface area contributed by atoms with E-state index in [4.69, 9.17) is 17.3 Å². The number of nitrogen functional groups attached to an aromatic ring is 1. The van der Waals surface area contributed by atoms with Crippen LogP contribution >= 0.6 is 23.4 Å². The maximum Gasteiger partial charge on any atom is 0.0406 e. The third-order valence-electron chi connectivity index (χ3n) is 2.49. The second kappa shape index (κ2) is 5.99. The SMILES string of the molecule is Nc1ccccc1CSCc1ccc(Cl)cc1. The summed E-state index contributed by atoms with van der Waals surface area (Å²) in [5, 5.41) is 0.783. The normalized spacial score (nSPS) is 10.4. The fourth-order valence-corrected chi connectivity index (χ4v) is 2.66. The first-order valence-corrected chi connectivity index (χ1v) is 6.94. The van der Waals surface area contributed by atoms with Crippen molar-refractivity contribution < 1.29 is 0 Å². The molecule has 0 aliphatic heterocycles. The van der Waals surface area contributed by atoms with E-state index in [9.17, 15) is 0 Å². The van der Waals surface area contributed by atoms with Gasteiger partial charge >= 0.3 is 0 Å². The lowest BCUT2D eigenvalue weighted by atomic mass is 10.2. The Morgan fingerprint density at radius 3 is 2.35 bits per heavy atom. The second-order valence-electron chi connectivity index (χ2n) is 3.82. The Kier molecular flexibility index (Phi) is 4.35. The van der Waals surface area contributed by atoms with Crippen molar-refractivity contribution in [1.82, 2.24) is 0 Å². The maximum atomic E-state index is 5.89. The number of halogens is 1. The Morgan fingerprint density at radius 1 is 0.941 bits per heavy atom. The summed E-state index contributed by atoms with van der Waals surface area (Å²) in [5.74, 6) is 1.92.